The average molecular weight is 418 g/mol. The number of primary amides is 1. The number of fused-ring (bicyclic) bond motifs is 1. The quantitative estimate of drug-likeness (QED) is 0.491. The van der Waals surface area contributed by atoms with Gasteiger partial charge in [0.1, 0.15) is 10.7 Å². The van der Waals surface area contributed by atoms with Crippen LogP contribution in [-0.2, 0) is 24.2 Å². The molecule has 0 spiro atoms. The normalized spacial score (nSPS) is 11.1. The van der Waals surface area contributed by atoms with Gasteiger partial charge in [0.05, 0.1) is 5.39 Å². The molecule has 4 rings (SSSR count). The highest BCUT2D eigenvalue weighted by molar-refractivity contribution is 7.17. The molecular formula is C24H23N3O2S. The van der Waals surface area contributed by atoms with E-state index < -0.39 is 5.91 Å². The summed E-state index contributed by atoms with van der Waals surface area (Å²) < 4.78 is 1.61. The zero-order valence-electron chi connectivity index (χ0n) is 16.8. The molecule has 2 heterocycles. The van der Waals surface area contributed by atoms with Crippen LogP contribution in [0.1, 0.15) is 30.3 Å². The number of hydrogen-bond donors (Lipinski definition) is 1. The van der Waals surface area contributed by atoms with Crippen LogP contribution in [0, 0.1) is 0 Å². The Hall–Kier alpha value is -3.25. The molecule has 2 N–H and O–H groups in total. The van der Waals surface area contributed by atoms with Crippen molar-refractivity contribution in [3.05, 3.63) is 87.3 Å². The maximum absolute atomic E-state index is 13.5. The van der Waals surface area contributed by atoms with E-state index in [1.54, 1.807) is 4.57 Å². The zero-order valence-corrected chi connectivity index (χ0v) is 17.6. The molecule has 0 radical (unpaired) electrons. The van der Waals surface area contributed by atoms with E-state index in [2.05, 4.69) is 19.1 Å². The van der Waals surface area contributed by atoms with Gasteiger partial charge in [-0.05, 0) is 23.1 Å². The standard InChI is InChI=1S/C24H23N3O2S/c1-2-16-8-10-18(11-9-16)19-15-30-23-22(19)24(29)27(13-12-20(25)28)21(26-23)14-17-6-4-3-5-7-17/h3-11,15H,2,12-14H2,1H3,(H2,25,28). The molecule has 0 atom stereocenters. The van der Waals surface area contributed by atoms with E-state index in [9.17, 15) is 9.59 Å². The molecule has 0 saturated heterocycles. The van der Waals surface area contributed by atoms with Gasteiger partial charge in [-0.2, -0.15) is 0 Å². The third-order valence-electron chi connectivity index (χ3n) is 5.23. The SMILES string of the molecule is CCc1ccc(-c2csc3nc(Cc4ccccc4)n(CCC(N)=O)c(=O)c23)cc1. The second-order valence-electron chi connectivity index (χ2n) is 7.24. The minimum absolute atomic E-state index is 0.0968. The van der Waals surface area contributed by atoms with Crippen molar-refractivity contribution >= 4 is 27.5 Å². The first-order valence-electron chi connectivity index (χ1n) is 9.99. The third kappa shape index (κ3) is 4.04. The summed E-state index contributed by atoms with van der Waals surface area (Å²) in [6.45, 7) is 2.34. The average Bonchev–Trinajstić information content (AvgIpc) is 3.18. The predicted molar refractivity (Wildman–Crippen MR) is 122 cm³/mol. The van der Waals surface area contributed by atoms with Crippen molar-refractivity contribution < 1.29 is 4.79 Å². The van der Waals surface area contributed by atoms with Crippen LogP contribution < -0.4 is 11.3 Å². The molecule has 4 aromatic rings. The predicted octanol–water partition coefficient (Wildman–Crippen LogP) is 4.15. The lowest BCUT2D eigenvalue weighted by Crippen LogP contribution is -2.27. The number of aromatic nitrogens is 2. The van der Waals surface area contributed by atoms with Crippen LogP contribution in [0.15, 0.2) is 64.8 Å². The van der Waals surface area contributed by atoms with E-state index in [4.69, 9.17) is 10.7 Å². The molecule has 0 unspecified atom stereocenters. The summed E-state index contributed by atoms with van der Waals surface area (Å²) >= 11 is 1.47. The van der Waals surface area contributed by atoms with Crippen molar-refractivity contribution in [2.45, 2.75) is 32.7 Å². The summed E-state index contributed by atoms with van der Waals surface area (Å²) in [4.78, 5) is 30.4. The van der Waals surface area contributed by atoms with Gasteiger partial charge in [0.25, 0.3) is 5.56 Å². The van der Waals surface area contributed by atoms with E-state index in [0.717, 1.165) is 27.9 Å². The van der Waals surface area contributed by atoms with Crippen molar-refractivity contribution in [3.8, 4) is 11.1 Å². The first-order chi connectivity index (χ1) is 14.6. The first kappa shape index (κ1) is 20.0. The highest BCUT2D eigenvalue weighted by Gasteiger charge is 2.17. The Balaban J connectivity index is 1.85. The molecule has 0 aliphatic rings. The van der Waals surface area contributed by atoms with Gasteiger partial charge in [0, 0.05) is 30.3 Å². The molecule has 0 bridgehead atoms. The van der Waals surface area contributed by atoms with Crippen molar-refractivity contribution in [1.29, 1.82) is 0 Å². The molecule has 30 heavy (non-hydrogen) atoms. The Bertz CT molecular complexity index is 1240. The summed E-state index contributed by atoms with van der Waals surface area (Å²) in [6.07, 6.45) is 1.58. The maximum atomic E-state index is 13.5. The number of amides is 1. The molecule has 152 valence electrons. The van der Waals surface area contributed by atoms with Gasteiger partial charge in [-0.25, -0.2) is 4.98 Å². The lowest BCUT2D eigenvalue weighted by Gasteiger charge is -2.12. The van der Waals surface area contributed by atoms with Crippen LogP contribution in [0.4, 0.5) is 0 Å². The highest BCUT2D eigenvalue weighted by Crippen LogP contribution is 2.31. The number of carbonyl (C=O) groups excluding carboxylic acids is 1. The monoisotopic (exact) mass is 417 g/mol. The van der Waals surface area contributed by atoms with E-state index in [1.165, 1.54) is 16.9 Å². The summed E-state index contributed by atoms with van der Waals surface area (Å²) in [6, 6.07) is 18.1. The molecule has 2 aromatic heterocycles. The van der Waals surface area contributed by atoms with Crippen LogP contribution in [0.5, 0.6) is 0 Å². The smallest absolute Gasteiger partial charge is 0.262 e. The Morgan fingerprint density at radius 1 is 1.07 bits per heavy atom. The van der Waals surface area contributed by atoms with E-state index in [-0.39, 0.29) is 18.5 Å². The number of aryl methyl sites for hydroxylation is 1. The third-order valence-corrected chi connectivity index (χ3v) is 6.11. The fraction of sp³-hybridized carbons (Fsp3) is 0.208. The number of nitrogens with two attached hydrogens (primary N) is 1. The van der Waals surface area contributed by atoms with E-state index in [0.29, 0.717) is 17.6 Å². The molecule has 0 aliphatic heterocycles. The summed E-state index contributed by atoms with van der Waals surface area (Å²) in [7, 11) is 0. The second-order valence-corrected chi connectivity index (χ2v) is 8.10. The lowest BCUT2D eigenvalue weighted by atomic mass is 10.0. The molecule has 1 amide bonds. The number of rotatable bonds is 7. The zero-order chi connectivity index (χ0) is 21.1. The second kappa shape index (κ2) is 8.63. The van der Waals surface area contributed by atoms with Crippen molar-refractivity contribution in [2.75, 3.05) is 0 Å². The Morgan fingerprint density at radius 3 is 2.47 bits per heavy atom. The number of hydrogen-bond acceptors (Lipinski definition) is 4. The van der Waals surface area contributed by atoms with Crippen LogP contribution in [0.3, 0.4) is 0 Å². The minimum Gasteiger partial charge on any atom is -0.370 e. The molecule has 0 fully saturated rings. The van der Waals surface area contributed by atoms with Gasteiger partial charge in [0.15, 0.2) is 0 Å². The van der Waals surface area contributed by atoms with Gasteiger partial charge in [-0.15, -0.1) is 11.3 Å². The topological polar surface area (TPSA) is 78.0 Å². The fourth-order valence-corrected chi connectivity index (χ4v) is 4.52. The number of benzene rings is 2. The fourth-order valence-electron chi connectivity index (χ4n) is 3.56. The number of thiophene rings is 1. The molecule has 5 nitrogen and oxygen atoms in total. The van der Waals surface area contributed by atoms with Crippen molar-refractivity contribution in [2.24, 2.45) is 5.73 Å². The maximum Gasteiger partial charge on any atom is 0.262 e. The van der Waals surface area contributed by atoms with Crippen LogP contribution in [0.2, 0.25) is 0 Å². The molecule has 0 aliphatic carbocycles. The lowest BCUT2D eigenvalue weighted by molar-refractivity contribution is -0.118. The van der Waals surface area contributed by atoms with Gasteiger partial charge < -0.3 is 5.73 Å². The largest absolute Gasteiger partial charge is 0.370 e. The van der Waals surface area contributed by atoms with Gasteiger partial charge in [-0.3, -0.25) is 14.2 Å². The van der Waals surface area contributed by atoms with Gasteiger partial charge >= 0.3 is 0 Å². The van der Waals surface area contributed by atoms with Gasteiger partial charge in [0.2, 0.25) is 5.91 Å². The summed E-state index contributed by atoms with van der Waals surface area (Å²) in [5, 5.41) is 2.59. The van der Waals surface area contributed by atoms with Crippen molar-refractivity contribution in [1.82, 2.24) is 9.55 Å². The Kier molecular flexibility index (Phi) is 5.77. The Morgan fingerprint density at radius 2 is 1.80 bits per heavy atom. The van der Waals surface area contributed by atoms with E-state index >= 15 is 0 Å². The molecule has 2 aromatic carbocycles. The summed E-state index contributed by atoms with van der Waals surface area (Å²) in [5.41, 5.74) is 9.43. The Labute approximate surface area is 178 Å². The van der Waals surface area contributed by atoms with Crippen molar-refractivity contribution in [3.63, 3.8) is 0 Å². The number of nitrogens with zero attached hydrogens (tertiary/aromatic N) is 2. The number of carbonyl (C=O) groups is 1. The molecular weight excluding hydrogens is 394 g/mol. The van der Waals surface area contributed by atoms with Crippen LogP contribution >= 0.6 is 11.3 Å². The molecule has 6 heteroatoms. The molecule has 0 saturated carbocycles. The minimum atomic E-state index is -0.437. The van der Waals surface area contributed by atoms with E-state index in [1.807, 2.05) is 47.8 Å². The van der Waals surface area contributed by atoms with Crippen LogP contribution in [-0.4, -0.2) is 15.5 Å². The van der Waals surface area contributed by atoms with Gasteiger partial charge in [-0.1, -0.05) is 61.5 Å². The highest BCUT2D eigenvalue weighted by atomic mass is 32.1. The first-order valence-corrected chi connectivity index (χ1v) is 10.9. The van der Waals surface area contributed by atoms with Crippen LogP contribution in [0.25, 0.3) is 21.3 Å². The summed E-state index contributed by atoms with van der Waals surface area (Å²) in [5.74, 6) is 0.211.